The van der Waals surface area contributed by atoms with Crippen molar-refractivity contribution in [1.29, 1.82) is 0 Å². The molecule has 100 valence electrons. The Morgan fingerprint density at radius 2 is 2.11 bits per heavy atom. The van der Waals surface area contributed by atoms with E-state index in [1.807, 2.05) is 13.8 Å². The number of ether oxygens (including phenoxy) is 1. The monoisotopic (exact) mass is 277 g/mol. The van der Waals surface area contributed by atoms with Crippen molar-refractivity contribution in [3.05, 3.63) is 50.1 Å². The molecular weight excluding hydrogens is 262 g/mol. The van der Waals surface area contributed by atoms with E-state index in [1.165, 1.54) is 15.9 Å². The second-order valence-corrected chi connectivity index (χ2v) is 5.42. The normalized spacial score (nSPS) is 10.5. The molecular formula is C14H15NO3S. The van der Waals surface area contributed by atoms with Gasteiger partial charge in [0, 0.05) is 16.1 Å². The van der Waals surface area contributed by atoms with Crippen molar-refractivity contribution in [3.63, 3.8) is 0 Å². The molecule has 1 aromatic heterocycles. The van der Waals surface area contributed by atoms with Crippen LogP contribution >= 0.6 is 11.3 Å². The first-order valence-corrected chi connectivity index (χ1v) is 6.68. The van der Waals surface area contributed by atoms with E-state index in [9.17, 15) is 9.59 Å². The molecule has 0 saturated carbocycles. The molecule has 0 radical (unpaired) electrons. The first kappa shape index (κ1) is 13.5. The predicted molar refractivity (Wildman–Crippen MR) is 75.4 cm³/mol. The fourth-order valence-electron chi connectivity index (χ4n) is 1.80. The number of methoxy groups -OCH3 is 1. The van der Waals surface area contributed by atoms with Gasteiger partial charge in [0.15, 0.2) is 5.78 Å². The van der Waals surface area contributed by atoms with Crippen molar-refractivity contribution < 1.29 is 9.53 Å². The summed E-state index contributed by atoms with van der Waals surface area (Å²) in [5, 5.41) is 0. The summed E-state index contributed by atoms with van der Waals surface area (Å²) in [5.74, 6) is 0.540. The van der Waals surface area contributed by atoms with E-state index in [2.05, 4.69) is 0 Å². The standard InChI is InChI=1S/C14H15NO3S/c1-9-10(2)19-14(17)15(9)8-13(16)11-5-4-6-12(7-11)18-3/h4-7H,8H2,1-3H3. The minimum Gasteiger partial charge on any atom is -0.497 e. The number of aryl methyl sites for hydroxylation is 1. The van der Waals surface area contributed by atoms with Crippen LogP contribution < -0.4 is 9.61 Å². The van der Waals surface area contributed by atoms with Crippen LogP contribution in [0.2, 0.25) is 0 Å². The Morgan fingerprint density at radius 1 is 1.37 bits per heavy atom. The van der Waals surface area contributed by atoms with E-state index < -0.39 is 0 Å². The van der Waals surface area contributed by atoms with Gasteiger partial charge in [0.1, 0.15) is 5.75 Å². The first-order valence-electron chi connectivity index (χ1n) is 5.87. The number of carbonyl (C=O) groups is 1. The highest BCUT2D eigenvalue weighted by Gasteiger charge is 2.13. The molecule has 4 nitrogen and oxygen atoms in total. The van der Waals surface area contributed by atoms with Crippen LogP contribution in [-0.2, 0) is 6.54 Å². The highest BCUT2D eigenvalue weighted by Crippen LogP contribution is 2.15. The van der Waals surface area contributed by atoms with Crippen molar-refractivity contribution in [2.45, 2.75) is 20.4 Å². The lowest BCUT2D eigenvalue weighted by molar-refractivity contribution is 0.0970. The van der Waals surface area contributed by atoms with Gasteiger partial charge in [0.05, 0.1) is 13.7 Å². The fraction of sp³-hybridized carbons (Fsp3) is 0.286. The molecule has 0 unspecified atom stereocenters. The zero-order valence-electron chi connectivity index (χ0n) is 11.1. The number of aromatic nitrogens is 1. The lowest BCUT2D eigenvalue weighted by Crippen LogP contribution is -2.20. The van der Waals surface area contributed by atoms with E-state index in [0.717, 1.165) is 10.6 Å². The number of nitrogens with zero attached hydrogens (tertiary/aromatic N) is 1. The Balaban J connectivity index is 2.28. The molecule has 1 heterocycles. The summed E-state index contributed by atoms with van der Waals surface area (Å²) in [6.07, 6.45) is 0. The van der Waals surface area contributed by atoms with E-state index in [4.69, 9.17) is 4.74 Å². The van der Waals surface area contributed by atoms with Crippen LogP contribution in [0.25, 0.3) is 0 Å². The second-order valence-electron chi connectivity index (χ2n) is 4.25. The molecule has 0 amide bonds. The number of hydrogen-bond acceptors (Lipinski definition) is 4. The maximum absolute atomic E-state index is 12.2. The Labute approximate surface area is 115 Å². The number of benzene rings is 1. The predicted octanol–water partition coefficient (Wildman–Crippen LogP) is 2.42. The summed E-state index contributed by atoms with van der Waals surface area (Å²) in [5.41, 5.74) is 1.40. The van der Waals surface area contributed by atoms with Crippen molar-refractivity contribution >= 4 is 17.1 Å². The third-order valence-electron chi connectivity index (χ3n) is 3.07. The summed E-state index contributed by atoms with van der Waals surface area (Å²) >= 11 is 1.17. The van der Waals surface area contributed by atoms with Gasteiger partial charge in [-0.05, 0) is 26.0 Å². The smallest absolute Gasteiger partial charge is 0.307 e. The van der Waals surface area contributed by atoms with Crippen LogP contribution in [0.5, 0.6) is 5.75 Å². The average molecular weight is 277 g/mol. The van der Waals surface area contributed by atoms with Gasteiger partial charge >= 0.3 is 4.87 Å². The molecule has 2 rings (SSSR count). The topological polar surface area (TPSA) is 48.3 Å². The fourth-order valence-corrected chi connectivity index (χ4v) is 2.63. The lowest BCUT2D eigenvalue weighted by Gasteiger charge is -2.06. The number of hydrogen-bond donors (Lipinski definition) is 0. The number of rotatable bonds is 4. The Morgan fingerprint density at radius 3 is 2.68 bits per heavy atom. The second kappa shape index (κ2) is 5.40. The first-order chi connectivity index (χ1) is 9.02. The van der Waals surface area contributed by atoms with Crippen LogP contribution in [-0.4, -0.2) is 17.5 Å². The van der Waals surface area contributed by atoms with Gasteiger partial charge in [-0.25, -0.2) is 0 Å². The van der Waals surface area contributed by atoms with Gasteiger partial charge in [-0.1, -0.05) is 23.5 Å². The summed E-state index contributed by atoms with van der Waals surface area (Å²) in [6, 6.07) is 6.95. The molecule has 2 aromatic rings. The van der Waals surface area contributed by atoms with Gasteiger partial charge < -0.3 is 4.74 Å². The van der Waals surface area contributed by atoms with Gasteiger partial charge in [0.25, 0.3) is 0 Å². The molecule has 5 heteroatoms. The van der Waals surface area contributed by atoms with E-state index in [-0.39, 0.29) is 17.2 Å². The van der Waals surface area contributed by atoms with Gasteiger partial charge in [-0.2, -0.15) is 0 Å². The quantitative estimate of drug-likeness (QED) is 0.806. The van der Waals surface area contributed by atoms with Crippen molar-refractivity contribution in [3.8, 4) is 5.75 Å². The van der Waals surface area contributed by atoms with Crippen LogP contribution in [0.3, 0.4) is 0 Å². The molecule has 0 aliphatic carbocycles. The zero-order valence-corrected chi connectivity index (χ0v) is 11.9. The average Bonchev–Trinajstić information content (AvgIpc) is 2.65. The van der Waals surface area contributed by atoms with Crippen molar-refractivity contribution in [2.24, 2.45) is 0 Å². The van der Waals surface area contributed by atoms with Crippen LogP contribution in [0.1, 0.15) is 20.9 Å². The van der Waals surface area contributed by atoms with E-state index in [0.29, 0.717) is 11.3 Å². The third-order valence-corrected chi connectivity index (χ3v) is 4.07. The van der Waals surface area contributed by atoms with Gasteiger partial charge in [-0.15, -0.1) is 0 Å². The minimum atomic E-state index is -0.0955. The molecule has 0 saturated heterocycles. The molecule has 0 aliphatic heterocycles. The minimum absolute atomic E-state index is 0.0716. The highest BCUT2D eigenvalue weighted by atomic mass is 32.1. The maximum Gasteiger partial charge on any atom is 0.307 e. The Hall–Kier alpha value is -1.88. The van der Waals surface area contributed by atoms with Crippen LogP contribution in [0, 0.1) is 13.8 Å². The lowest BCUT2D eigenvalue weighted by atomic mass is 10.1. The number of Topliss-reactive ketones (excluding diaryl/α,β-unsaturated/α-hetero) is 1. The number of ketones is 1. The Kier molecular flexibility index (Phi) is 3.85. The molecule has 0 N–H and O–H groups in total. The van der Waals surface area contributed by atoms with Gasteiger partial charge in [0.2, 0.25) is 0 Å². The summed E-state index contributed by atoms with van der Waals surface area (Å²) in [6.45, 7) is 3.81. The highest BCUT2D eigenvalue weighted by molar-refractivity contribution is 7.09. The molecule has 0 spiro atoms. The molecule has 0 aliphatic rings. The van der Waals surface area contributed by atoms with Gasteiger partial charge in [-0.3, -0.25) is 14.2 Å². The van der Waals surface area contributed by atoms with Crippen molar-refractivity contribution in [1.82, 2.24) is 4.57 Å². The summed E-state index contributed by atoms with van der Waals surface area (Å²) in [4.78, 5) is 24.8. The van der Waals surface area contributed by atoms with E-state index >= 15 is 0 Å². The Bertz CT molecular complexity index is 670. The van der Waals surface area contributed by atoms with E-state index in [1.54, 1.807) is 31.4 Å². The third kappa shape index (κ3) is 2.76. The van der Waals surface area contributed by atoms with Crippen LogP contribution in [0.4, 0.5) is 0 Å². The summed E-state index contributed by atoms with van der Waals surface area (Å²) < 4.78 is 6.60. The van der Waals surface area contributed by atoms with Crippen LogP contribution in [0.15, 0.2) is 29.1 Å². The molecule has 1 aromatic carbocycles. The molecule has 0 fully saturated rings. The maximum atomic E-state index is 12.2. The number of thiazole rings is 1. The SMILES string of the molecule is COc1cccc(C(=O)Cn2c(C)c(C)sc2=O)c1. The molecule has 19 heavy (non-hydrogen) atoms. The largest absolute Gasteiger partial charge is 0.497 e. The summed E-state index contributed by atoms with van der Waals surface area (Å²) in [7, 11) is 1.56. The zero-order chi connectivity index (χ0) is 14.0. The molecule has 0 atom stereocenters. The molecule has 0 bridgehead atoms. The number of carbonyl (C=O) groups excluding carboxylic acids is 1. The van der Waals surface area contributed by atoms with Crippen molar-refractivity contribution in [2.75, 3.05) is 7.11 Å².